The molecule has 2 amide bonds. The maximum Gasteiger partial charge on any atom is 0.319 e. The first kappa shape index (κ1) is 15.8. The Morgan fingerprint density at radius 3 is 2.57 bits per heavy atom. The molecule has 3 atom stereocenters. The van der Waals surface area contributed by atoms with Crippen LogP contribution in [0.15, 0.2) is 24.3 Å². The van der Waals surface area contributed by atoms with E-state index in [0.29, 0.717) is 0 Å². The van der Waals surface area contributed by atoms with Gasteiger partial charge in [-0.05, 0) is 37.5 Å². The summed E-state index contributed by atoms with van der Waals surface area (Å²) in [7, 11) is 0. The SMILES string of the molecule is CC(N)c1ccc(NC(=O)NC2CCCCCC2O)cc1. The highest BCUT2D eigenvalue weighted by molar-refractivity contribution is 5.89. The third kappa shape index (κ3) is 4.72. The van der Waals surface area contributed by atoms with E-state index >= 15 is 0 Å². The van der Waals surface area contributed by atoms with Crippen LogP contribution in [0.2, 0.25) is 0 Å². The molecule has 116 valence electrons. The van der Waals surface area contributed by atoms with Crippen molar-refractivity contribution in [1.82, 2.24) is 5.32 Å². The lowest BCUT2D eigenvalue weighted by Crippen LogP contribution is -2.44. The van der Waals surface area contributed by atoms with Crippen LogP contribution < -0.4 is 16.4 Å². The number of aliphatic hydroxyl groups excluding tert-OH is 1. The lowest BCUT2D eigenvalue weighted by atomic mass is 10.1. The normalized spacial score (nSPS) is 24.0. The summed E-state index contributed by atoms with van der Waals surface area (Å²) in [6.07, 6.45) is 4.34. The average molecular weight is 291 g/mol. The summed E-state index contributed by atoms with van der Waals surface area (Å²) in [5, 5.41) is 15.7. The van der Waals surface area contributed by atoms with Crippen molar-refractivity contribution < 1.29 is 9.90 Å². The van der Waals surface area contributed by atoms with Crippen molar-refractivity contribution in [1.29, 1.82) is 0 Å². The fourth-order valence-electron chi connectivity index (χ4n) is 2.66. The fraction of sp³-hybridized carbons (Fsp3) is 0.562. The maximum atomic E-state index is 12.0. The second-order valence-electron chi connectivity index (χ2n) is 5.82. The maximum absolute atomic E-state index is 12.0. The zero-order chi connectivity index (χ0) is 15.2. The summed E-state index contributed by atoms with van der Waals surface area (Å²) in [4.78, 5) is 12.0. The Morgan fingerprint density at radius 2 is 1.90 bits per heavy atom. The number of rotatable bonds is 3. The molecule has 0 radical (unpaired) electrons. The molecule has 1 saturated carbocycles. The standard InChI is InChI=1S/C16H25N3O2/c1-11(17)12-7-9-13(10-8-12)18-16(21)19-14-5-3-2-4-6-15(14)20/h7-11,14-15,20H,2-6,17H2,1H3,(H2,18,19,21). The molecule has 1 aromatic carbocycles. The van der Waals surface area contributed by atoms with Gasteiger partial charge in [-0.1, -0.05) is 31.4 Å². The van der Waals surface area contributed by atoms with E-state index in [1.807, 2.05) is 31.2 Å². The molecule has 0 heterocycles. The number of benzene rings is 1. The molecule has 21 heavy (non-hydrogen) atoms. The van der Waals surface area contributed by atoms with Crippen LogP contribution in [0.3, 0.4) is 0 Å². The first-order valence-corrected chi connectivity index (χ1v) is 7.67. The highest BCUT2D eigenvalue weighted by atomic mass is 16.3. The van der Waals surface area contributed by atoms with Crippen molar-refractivity contribution in [3.8, 4) is 0 Å². The van der Waals surface area contributed by atoms with Gasteiger partial charge in [-0.15, -0.1) is 0 Å². The summed E-state index contributed by atoms with van der Waals surface area (Å²) in [5.74, 6) is 0. The number of carbonyl (C=O) groups is 1. The predicted octanol–water partition coefficient (Wildman–Crippen LogP) is 2.52. The molecule has 0 aromatic heterocycles. The zero-order valence-corrected chi connectivity index (χ0v) is 12.5. The number of aliphatic hydroxyl groups is 1. The van der Waals surface area contributed by atoms with Crippen LogP contribution in [0.1, 0.15) is 50.6 Å². The molecule has 0 saturated heterocycles. The van der Waals surface area contributed by atoms with Crippen LogP contribution in [0.4, 0.5) is 10.5 Å². The first-order chi connectivity index (χ1) is 10.1. The first-order valence-electron chi connectivity index (χ1n) is 7.67. The Bertz CT molecular complexity index is 459. The van der Waals surface area contributed by atoms with Gasteiger partial charge >= 0.3 is 6.03 Å². The van der Waals surface area contributed by atoms with Crippen LogP contribution in [0.5, 0.6) is 0 Å². The van der Waals surface area contributed by atoms with Gasteiger partial charge in [-0.25, -0.2) is 4.79 Å². The number of hydrogen-bond donors (Lipinski definition) is 4. The minimum Gasteiger partial charge on any atom is -0.391 e. The lowest BCUT2D eigenvalue weighted by molar-refractivity contribution is 0.124. The Hall–Kier alpha value is -1.59. The fourth-order valence-corrected chi connectivity index (χ4v) is 2.66. The lowest BCUT2D eigenvalue weighted by Gasteiger charge is -2.22. The van der Waals surface area contributed by atoms with Gasteiger partial charge in [0.25, 0.3) is 0 Å². The summed E-state index contributed by atoms with van der Waals surface area (Å²) in [5.41, 5.74) is 7.54. The van der Waals surface area contributed by atoms with Gasteiger partial charge in [0.1, 0.15) is 0 Å². The highest BCUT2D eigenvalue weighted by Crippen LogP contribution is 2.18. The highest BCUT2D eigenvalue weighted by Gasteiger charge is 2.23. The molecule has 0 aliphatic heterocycles. The number of urea groups is 1. The molecule has 0 bridgehead atoms. The Kier molecular flexibility index (Phi) is 5.59. The van der Waals surface area contributed by atoms with Gasteiger partial charge in [0, 0.05) is 11.7 Å². The molecule has 1 aliphatic carbocycles. The van der Waals surface area contributed by atoms with Gasteiger partial charge < -0.3 is 21.5 Å². The van der Waals surface area contributed by atoms with Crippen LogP contribution >= 0.6 is 0 Å². The number of nitrogens with one attached hydrogen (secondary N) is 2. The van der Waals surface area contributed by atoms with Crippen molar-refractivity contribution in [3.63, 3.8) is 0 Å². The third-order valence-corrected chi connectivity index (χ3v) is 3.99. The van der Waals surface area contributed by atoms with Crippen LogP contribution in [0, 0.1) is 0 Å². The molecule has 5 heteroatoms. The summed E-state index contributed by atoms with van der Waals surface area (Å²) < 4.78 is 0. The van der Waals surface area contributed by atoms with Crippen LogP contribution in [0.25, 0.3) is 0 Å². The second-order valence-corrected chi connectivity index (χ2v) is 5.82. The monoisotopic (exact) mass is 291 g/mol. The van der Waals surface area contributed by atoms with Crippen molar-refractivity contribution >= 4 is 11.7 Å². The van der Waals surface area contributed by atoms with E-state index in [9.17, 15) is 9.90 Å². The average Bonchev–Trinajstić information content (AvgIpc) is 2.65. The Balaban J connectivity index is 1.88. The topological polar surface area (TPSA) is 87.4 Å². The van der Waals surface area contributed by atoms with E-state index in [2.05, 4.69) is 10.6 Å². The summed E-state index contributed by atoms with van der Waals surface area (Å²) in [6, 6.07) is 7.03. The van der Waals surface area contributed by atoms with E-state index in [1.165, 1.54) is 0 Å². The van der Waals surface area contributed by atoms with Crippen molar-refractivity contribution in [2.24, 2.45) is 5.73 Å². The number of carbonyl (C=O) groups excluding carboxylic acids is 1. The van der Waals surface area contributed by atoms with Crippen molar-refractivity contribution in [2.75, 3.05) is 5.32 Å². The molecule has 1 fully saturated rings. The predicted molar refractivity (Wildman–Crippen MR) is 84.1 cm³/mol. The number of nitrogens with two attached hydrogens (primary N) is 1. The van der Waals surface area contributed by atoms with Crippen molar-refractivity contribution in [2.45, 2.75) is 57.2 Å². The van der Waals surface area contributed by atoms with E-state index < -0.39 is 6.10 Å². The molecule has 1 aliphatic rings. The molecular weight excluding hydrogens is 266 g/mol. The summed E-state index contributed by atoms with van der Waals surface area (Å²) in [6.45, 7) is 1.92. The quantitative estimate of drug-likeness (QED) is 0.645. The molecule has 2 rings (SSSR count). The van der Waals surface area contributed by atoms with E-state index in [4.69, 9.17) is 5.73 Å². The van der Waals surface area contributed by atoms with Gasteiger partial charge in [0.15, 0.2) is 0 Å². The molecule has 5 nitrogen and oxygen atoms in total. The molecule has 5 N–H and O–H groups in total. The second kappa shape index (κ2) is 7.43. The smallest absolute Gasteiger partial charge is 0.319 e. The largest absolute Gasteiger partial charge is 0.391 e. The molecular formula is C16H25N3O2. The Morgan fingerprint density at radius 1 is 1.24 bits per heavy atom. The van der Waals surface area contributed by atoms with E-state index in [-0.39, 0.29) is 18.1 Å². The van der Waals surface area contributed by atoms with Gasteiger partial charge in [0.2, 0.25) is 0 Å². The van der Waals surface area contributed by atoms with E-state index in [0.717, 1.165) is 43.4 Å². The molecule has 1 aromatic rings. The number of hydrogen-bond acceptors (Lipinski definition) is 3. The Labute approximate surface area is 125 Å². The van der Waals surface area contributed by atoms with Gasteiger partial charge in [-0.3, -0.25) is 0 Å². The van der Waals surface area contributed by atoms with Crippen molar-refractivity contribution in [3.05, 3.63) is 29.8 Å². The molecule has 3 unspecified atom stereocenters. The van der Waals surface area contributed by atoms with Gasteiger partial charge in [0.05, 0.1) is 12.1 Å². The van der Waals surface area contributed by atoms with Crippen LogP contribution in [-0.2, 0) is 0 Å². The number of anilines is 1. The third-order valence-electron chi connectivity index (χ3n) is 3.99. The minimum absolute atomic E-state index is 0.0194. The van der Waals surface area contributed by atoms with Crippen LogP contribution in [-0.4, -0.2) is 23.3 Å². The summed E-state index contributed by atoms with van der Waals surface area (Å²) >= 11 is 0. The number of amides is 2. The minimum atomic E-state index is -0.446. The van der Waals surface area contributed by atoms with E-state index in [1.54, 1.807) is 0 Å². The zero-order valence-electron chi connectivity index (χ0n) is 12.5. The molecule has 0 spiro atoms. The van der Waals surface area contributed by atoms with Gasteiger partial charge in [-0.2, -0.15) is 0 Å².